The molecular weight excluding hydrogens is 284 g/mol. The van der Waals surface area contributed by atoms with Crippen molar-refractivity contribution in [3.8, 4) is 5.75 Å². The number of nitrogens with two attached hydrogens (primary N) is 1. The van der Waals surface area contributed by atoms with Gasteiger partial charge in [0.2, 0.25) is 0 Å². The van der Waals surface area contributed by atoms with Crippen LogP contribution >= 0.6 is 15.9 Å². The van der Waals surface area contributed by atoms with Crippen molar-refractivity contribution in [1.82, 2.24) is 5.32 Å². The summed E-state index contributed by atoms with van der Waals surface area (Å²) in [5, 5.41) is 2.54. The van der Waals surface area contributed by atoms with E-state index in [0.29, 0.717) is 12.3 Å². The third-order valence-corrected chi connectivity index (χ3v) is 2.97. The molecular formula is C12H17BrN2O2. The topological polar surface area (TPSA) is 64.3 Å². The van der Waals surface area contributed by atoms with Crippen LogP contribution in [0.3, 0.4) is 0 Å². The van der Waals surface area contributed by atoms with E-state index in [1.807, 2.05) is 18.2 Å². The van der Waals surface area contributed by atoms with E-state index in [1.54, 1.807) is 14.0 Å². The van der Waals surface area contributed by atoms with E-state index >= 15 is 0 Å². The number of amides is 1. The molecule has 0 saturated heterocycles. The molecule has 1 amide bonds. The molecule has 0 aliphatic carbocycles. The monoisotopic (exact) mass is 300 g/mol. The second-order valence-electron chi connectivity index (χ2n) is 3.68. The highest BCUT2D eigenvalue weighted by Crippen LogP contribution is 2.27. The Hall–Kier alpha value is -1.07. The molecule has 5 heteroatoms. The Morgan fingerprint density at radius 3 is 2.82 bits per heavy atom. The first-order valence-corrected chi connectivity index (χ1v) is 6.24. The van der Waals surface area contributed by atoms with Gasteiger partial charge in [0.25, 0.3) is 5.91 Å². The molecule has 1 unspecified atom stereocenters. The minimum atomic E-state index is -0.517. The second-order valence-corrected chi connectivity index (χ2v) is 4.53. The number of halogens is 1. The summed E-state index contributed by atoms with van der Waals surface area (Å²) >= 11 is 3.42. The molecule has 1 aromatic carbocycles. The first-order valence-electron chi connectivity index (χ1n) is 5.45. The Balaban J connectivity index is 2.75. The van der Waals surface area contributed by atoms with E-state index < -0.39 is 6.10 Å². The highest BCUT2D eigenvalue weighted by Gasteiger charge is 2.14. The molecule has 0 fully saturated rings. The van der Waals surface area contributed by atoms with Gasteiger partial charge in [-0.1, -0.05) is 6.07 Å². The van der Waals surface area contributed by atoms with Crippen molar-refractivity contribution in [2.24, 2.45) is 5.73 Å². The molecule has 0 spiro atoms. The van der Waals surface area contributed by atoms with Gasteiger partial charge >= 0.3 is 0 Å². The van der Waals surface area contributed by atoms with Crippen molar-refractivity contribution >= 4 is 21.8 Å². The van der Waals surface area contributed by atoms with Crippen molar-refractivity contribution < 1.29 is 9.53 Å². The minimum Gasteiger partial charge on any atom is -0.480 e. The Bertz CT molecular complexity index is 396. The zero-order valence-corrected chi connectivity index (χ0v) is 11.6. The van der Waals surface area contributed by atoms with Gasteiger partial charge in [0, 0.05) is 7.05 Å². The van der Waals surface area contributed by atoms with E-state index in [4.69, 9.17) is 10.5 Å². The average Bonchev–Trinajstić information content (AvgIpc) is 2.31. The van der Waals surface area contributed by atoms with Crippen LogP contribution in [0.4, 0.5) is 0 Å². The third-order valence-electron chi connectivity index (χ3n) is 2.35. The highest BCUT2D eigenvalue weighted by molar-refractivity contribution is 9.10. The van der Waals surface area contributed by atoms with E-state index in [2.05, 4.69) is 21.2 Å². The van der Waals surface area contributed by atoms with Gasteiger partial charge in [-0.05, 0) is 53.5 Å². The summed E-state index contributed by atoms with van der Waals surface area (Å²) in [4.78, 5) is 11.3. The number of carbonyl (C=O) groups is 1. The van der Waals surface area contributed by atoms with Crippen LogP contribution in [0.5, 0.6) is 5.75 Å². The number of benzene rings is 1. The van der Waals surface area contributed by atoms with Crippen molar-refractivity contribution in [2.45, 2.75) is 19.4 Å². The Morgan fingerprint density at radius 1 is 1.59 bits per heavy atom. The van der Waals surface area contributed by atoms with Crippen molar-refractivity contribution in [3.63, 3.8) is 0 Å². The zero-order chi connectivity index (χ0) is 12.8. The zero-order valence-electron chi connectivity index (χ0n) is 10.00. The fraction of sp³-hybridized carbons (Fsp3) is 0.417. The van der Waals surface area contributed by atoms with Gasteiger partial charge in [-0.2, -0.15) is 0 Å². The first-order chi connectivity index (χ1) is 8.08. The maximum atomic E-state index is 11.3. The second kappa shape index (κ2) is 6.61. The molecule has 94 valence electrons. The Labute approximate surface area is 110 Å². The van der Waals surface area contributed by atoms with Crippen LogP contribution in [0.1, 0.15) is 12.5 Å². The van der Waals surface area contributed by atoms with E-state index in [-0.39, 0.29) is 5.91 Å². The summed E-state index contributed by atoms with van der Waals surface area (Å²) in [6.07, 6.45) is 0.306. The normalized spacial score (nSPS) is 12.0. The van der Waals surface area contributed by atoms with Crippen LogP contribution in [0.15, 0.2) is 22.7 Å². The minimum absolute atomic E-state index is 0.150. The first kappa shape index (κ1) is 14.0. The SMILES string of the molecule is CNC(=O)C(C)Oc1ccc(CCN)cc1Br. The number of carbonyl (C=O) groups excluding carboxylic acids is 1. The van der Waals surface area contributed by atoms with Gasteiger partial charge in [0.1, 0.15) is 5.75 Å². The van der Waals surface area contributed by atoms with E-state index in [9.17, 15) is 4.79 Å². The molecule has 0 aliphatic heterocycles. The van der Waals surface area contributed by atoms with Gasteiger partial charge in [-0.3, -0.25) is 4.79 Å². The smallest absolute Gasteiger partial charge is 0.260 e. The van der Waals surface area contributed by atoms with Gasteiger partial charge in [-0.15, -0.1) is 0 Å². The molecule has 1 rings (SSSR count). The summed E-state index contributed by atoms with van der Waals surface area (Å²) in [5.41, 5.74) is 6.63. The van der Waals surface area contributed by atoms with Gasteiger partial charge in [0.05, 0.1) is 4.47 Å². The molecule has 4 nitrogen and oxygen atoms in total. The fourth-order valence-electron chi connectivity index (χ4n) is 1.41. The summed E-state index contributed by atoms with van der Waals surface area (Å²) in [7, 11) is 1.58. The van der Waals surface area contributed by atoms with Crippen LogP contribution in [-0.2, 0) is 11.2 Å². The lowest BCUT2D eigenvalue weighted by Gasteiger charge is -2.15. The number of likely N-dealkylation sites (N-methyl/N-ethyl adjacent to an activating group) is 1. The summed E-state index contributed by atoms with van der Waals surface area (Å²) < 4.78 is 6.37. The lowest BCUT2D eigenvalue weighted by atomic mass is 10.1. The number of rotatable bonds is 5. The van der Waals surface area contributed by atoms with Crippen LogP contribution in [0, 0.1) is 0 Å². The molecule has 1 atom stereocenters. The van der Waals surface area contributed by atoms with Crippen molar-refractivity contribution in [1.29, 1.82) is 0 Å². The number of hydrogen-bond donors (Lipinski definition) is 2. The number of nitrogens with one attached hydrogen (secondary N) is 1. The lowest BCUT2D eigenvalue weighted by Crippen LogP contribution is -2.33. The van der Waals surface area contributed by atoms with Crippen LogP contribution in [0.2, 0.25) is 0 Å². The lowest BCUT2D eigenvalue weighted by molar-refractivity contribution is -0.126. The standard InChI is InChI=1S/C12H17BrN2O2/c1-8(12(16)15-2)17-11-4-3-9(5-6-14)7-10(11)13/h3-4,7-8H,5-6,14H2,1-2H3,(H,15,16). The average molecular weight is 301 g/mol. The van der Waals surface area contributed by atoms with Crippen LogP contribution < -0.4 is 15.8 Å². The predicted octanol–water partition coefficient (Wildman–Crippen LogP) is 1.46. The molecule has 3 N–H and O–H groups in total. The molecule has 0 bridgehead atoms. The molecule has 0 radical (unpaired) electrons. The van der Waals surface area contributed by atoms with Gasteiger partial charge in [-0.25, -0.2) is 0 Å². The number of ether oxygens (including phenoxy) is 1. The predicted molar refractivity (Wildman–Crippen MR) is 71.1 cm³/mol. The molecule has 1 aromatic rings. The summed E-state index contributed by atoms with van der Waals surface area (Å²) in [5.74, 6) is 0.504. The summed E-state index contributed by atoms with van der Waals surface area (Å²) in [6.45, 7) is 2.32. The quantitative estimate of drug-likeness (QED) is 0.865. The molecule has 17 heavy (non-hydrogen) atoms. The van der Waals surface area contributed by atoms with Gasteiger partial charge in [0.15, 0.2) is 6.10 Å². The summed E-state index contributed by atoms with van der Waals surface area (Å²) in [6, 6.07) is 5.75. The molecule has 0 aromatic heterocycles. The van der Waals surface area contributed by atoms with Crippen molar-refractivity contribution in [2.75, 3.05) is 13.6 Å². The molecule has 0 heterocycles. The van der Waals surface area contributed by atoms with Gasteiger partial charge < -0.3 is 15.8 Å². The van der Waals surface area contributed by atoms with E-state index in [1.165, 1.54) is 0 Å². The molecule has 0 saturated carbocycles. The third kappa shape index (κ3) is 4.02. The highest BCUT2D eigenvalue weighted by atomic mass is 79.9. The Kier molecular flexibility index (Phi) is 5.44. The van der Waals surface area contributed by atoms with Crippen LogP contribution in [0.25, 0.3) is 0 Å². The Morgan fingerprint density at radius 2 is 2.29 bits per heavy atom. The molecule has 0 aliphatic rings. The maximum absolute atomic E-state index is 11.3. The van der Waals surface area contributed by atoms with E-state index in [0.717, 1.165) is 16.5 Å². The van der Waals surface area contributed by atoms with Crippen molar-refractivity contribution in [3.05, 3.63) is 28.2 Å². The number of hydrogen-bond acceptors (Lipinski definition) is 3. The van der Waals surface area contributed by atoms with Crippen LogP contribution in [-0.4, -0.2) is 25.6 Å². The largest absolute Gasteiger partial charge is 0.480 e. The maximum Gasteiger partial charge on any atom is 0.260 e. The fourth-order valence-corrected chi connectivity index (χ4v) is 1.93.